The van der Waals surface area contributed by atoms with E-state index in [0.29, 0.717) is 28.8 Å². The molecule has 1 unspecified atom stereocenters. The Morgan fingerprint density at radius 1 is 0.919 bits per heavy atom. The second-order valence-corrected chi connectivity index (χ2v) is 11.3. The quantitative estimate of drug-likeness (QED) is 0.279. The number of carbonyl (C=O) groups is 2. The van der Waals surface area contributed by atoms with Crippen molar-refractivity contribution in [3.8, 4) is 0 Å². The molecule has 4 rings (SSSR count). The first-order valence-electron chi connectivity index (χ1n) is 12.7. The Balaban J connectivity index is 1.57. The van der Waals surface area contributed by atoms with Crippen molar-refractivity contribution < 1.29 is 9.59 Å². The van der Waals surface area contributed by atoms with E-state index in [4.69, 9.17) is 23.2 Å². The fourth-order valence-electron chi connectivity index (χ4n) is 4.70. The van der Waals surface area contributed by atoms with Gasteiger partial charge in [0.05, 0.1) is 5.75 Å². The summed E-state index contributed by atoms with van der Waals surface area (Å²) in [5.74, 6) is 0.684. The molecule has 1 saturated carbocycles. The van der Waals surface area contributed by atoms with Gasteiger partial charge >= 0.3 is 0 Å². The van der Waals surface area contributed by atoms with Crippen molar-refractivity contribution in [2.75, 3.05) is 5.75 Å². The molecule has 0 radical (unpaired) electrons. The minimum absolute atomic E-state index is 0.0838. The van der Waals surface area contributed by atoms with Gasteiger partial charge in [0.25, 0.3) is 0 Å². The number of hydrogen-bond acceptors (Lipinski definition) is 3. The van der Waals surface area contributed by atoms with Crippen molar-refractivity contribution in [2.45, 2.75) is 56.5 Å². The Kier molecular flexibility index (Phi) is 10.4. The Labute approximate surface area is 233 Å². The summed E-state index contributed by atoms with van der Waals surface area (Å²) >= 11 is 14.1. The van der Waals surface area contributed by atoms with Crippen molar-refractivity contribution in [3.63, 3.8) is 0 Å². The van der Waals surface area contributed by atoms with Crippen LogP contribution in [0.1, 0.15) is 42.4 Å². The molecule has 1 aliphatic rings. The van der Waals surface area contributed by atoms with Crippen molar-refractivity contribution in [1.29, 1.82) is 0 Å². The van der Waals surface area contributed by atoms with Gasteiger partial charge in [0.1, 0.15) is 6.04 Å². The average molecular weight is 556 g/mol. The van der Waals surface area contributed by atoms with Crippen molar-refractivity contribution in [2.24, 2.45) is 0 Å². The second kappa shape index (κ2) is 13.9. The van der Waals surface area contributed by atoms with Gasteiger partial charge in [-0.05, 0) is 47.7 Å². The average Bonchev–Trinajstić information content (AvgIpc) is 3.41. The summed E-state index contributed by atoms with van der Waals surface area (Å²) in [7, 11) is 0. The Bertz CT molecular complexity index is 1180. The van der Waals surface area contributed by atoms with E-state index in [1.54, 1.807) is 4.90 Å². The fourth-order valence-corrected chi connectivity index (χ4v) is 6.11. The first kappa shape index (κ1) is 27.6. The molecule has 7 heteroatoms. The van der Waals surface area contributed by atoms with Crippen molar-refractivity contribution >= 4 is 46.8 Å². The normalized spacial score (nSPS) is 14.3. The zero-order valence-corrected chi connectivity index (χ0v) is 23.1. The summed E-state index contributed by atoms with van der Waals surface area (Å²) in [6.07, 6.45) is 4.66. The lowest BCUT2D eigenvalue weighted by molar-refractivity contribution is -0.139. The molecule has 0 aliphatic heterocycles. The summed E-state index contributed by atoms with van der Waals surface area (Å²) in [4.78, 5) is 29.2. The van der Waals surface area contributed by atoms with Crippen LogP contribution in [0.5, 0.6) is 0 Å². The number of nitrogens with zero attached hydrogens (tertiary/aromatic N) is 1. The second-order valence-electron chi connectivity index (χ2n) is 9.43. The summed E-state index contributed by atoms with van der Waals surface area (Å²) in [6, 6.07) is 24.6. The number of benzene rings is 3. The van der Waals surface area contributed by atoms with Gasteiger partial charge in [0, 0.05) is 34.8 Å². The largest absolute Gasteiger partial charge is 0.352 e. The highest BCUT2D eigenvalue weighted by Crippen LogP contribution is 2.24. The van der Waals surface area contributed by atoms with E-state index in [2.05, 4.69) is 5.32 Å². The summed E-state index contributed by atoms with van der Waals surface area (Å²) < 4.78 is 0. The minimum atomic E-state index is -0.629. The van der Waals surface area contributed by atoms with Gasteiger partial charge in [-0.2, -0.15) is 0 Å². The Morgan fingerprint density at radius 3 is 2.35 bits per heavy atom. The molecule has 3 aromatic carbocycles. The molecule has 194 valence electrons. The number of carbonyl (C=O) groups excluding carboxylic acids is 2. The zero-order valence-electron chi connectivity index (χ0n) is 20.7. The van der Waals surface area contributed by atoms with Crippen molar-refractivity contribution in [3.05, 3.63) is 106 Å². The van der Waals surface area contributed by atoms with Crippen LogP contribution in [0.2, 0.25) is 10.0 Å². The van der Waals surface area contributed by atoms with Gasteiger partial charge in [-0.15, -0.1) is 11.8 Å². The zero-order chi connectivity index (χ0) is 26.0. The molecular weight excluding hydrogens is 523 g/mol. The number of halogens is 2. The van der Waals surface area contributed by atoms with Gasteiger partial charge < -0.3 is 10.2 Å². The lowest BCUT2D eigenvalue weighted by Gasteiger charge is -2.32. The van der Waals surface area contributed by atoms with Crippen LogP contribution in [0, 0.1) is 0 Å². The van der Waals surface area contributed by atoms with Crippen LogP contribution in [-0.2, 0) is 28.3 Å². The molecule has 0 saturated heterocycles. The molecule has 3 aromatic rings. The molecule has 0 spiro atoms. The maximum atomic E-state index is 13.7. The first-order chi connectivity index (χ1) is 18.0. The van der Waals surface area contributed by atoms with Crippen LogP contribution in [0.4, 0.5) is 0 Å². The Morgan fingerprint density at radius 2 is 1.62 bits per heavy atom. The maximum Gasteiger partial charge on any atom is 0.243 e. The smallest absolute Gasteiger partial charge is 0.243 e. The number of thioether (sulfide) groups is 1. The fraction of sp³-hybridized carbons (Fsp3) is 0.333. The molecule has 1 aliphatic carbocycles. The van der Waals surface area contributed by atoms with E-state index in [0.717, 1.165) is 42.4 Å². The highest BCUT2D eigenvalue weighted by Gasteiger charge is 2.32. The van der Waals surface area contributed by atoms with E-state index in [-0.39, 0.29) is 23.6 Å². The third kappa shape index (κ3) is 8.26. The SMILES string of the molecule is O=C(NC1CCCC1)C(Cc1ccccc1)N(Cc1cccc(Cl)c1)C(=O)CSCc1ccccc1Cl. The van der Waals surface area contributed by atoms with Gasteiger partial charge in [0.2, 0.25) is 11.8 Å². The number of hydrogen-bond donors (Lipinski definition) is 1. The molecule has 0 aromatic heterocycles. The highest BCUT2D eigenvalue weighted by atomic mass is 35.5. The summed E-state index contributed by atoms with van der Waals surface area (Å²) in [5.41, 5.74) is 2.90. The third-order valence-electron chi connectivity index (χ3n) is 6.66. The van der Waals surface area contributed by atoms with Gasteiger partial charge in [-0.3, -0.25) is 9.59 Å². The van der Waals surface area contributed by atoms with Gasteiger partial charge in [0.15, 0.2) is 0 Å². The van der Waals surface area contributed by atoms with E-state index < -0.39 is 6.04 Å². The molecule has 1 N–H and O–H groups in total. The number of amides is 2. The van der Waals surface area contributed by atoms with E-state index in [1.807, 2.05) is 78.9 Å². The van der Waals surface area contributed by atoms with Crippen LogP contribution in [0.15, 0.2) is 78.9 Å². The minimum Gasteiger partial charge on any atom is -0.352 e. The van der Waals surface area contributed by atoms with Crippen LogP contribution < -0.4 is 5.32 Å². The number of nitrogens with one attached hydrogen (secondary N) is 1. The van der Waals surface area contributed by atoms with Crippen molar-refractivity contribution in [1.82, 2.24) is 10.2 Å². The molecule has 1 fully saturated rings. The predicted molar refractivity (Wildman–Crippen MR) is 154 cm³/mol. The van der Waals surface area contributed by atoms with Crippen LogP contribution in [-0.4, -0.2) is 34.6 Å². The van der Waals surface area contributed by atoms with E-state index >= 15 is 0 Å². The van der Waals surface area contributed by atoms with Crippen LogP contribution >= 0.6 is 35.0 Å². The van der Waals surface area contributed by atoms with Crippen LogP contribution in [0.3, 0.4) is 0 Å². The topological polar surface area (TPSA) is 49.4 Å². The third-order valence-corrected chi connectivity index (χ3v) is 8.23. The standard InChI is InChI=1S/C30H32Cl2N2O2S/c31-25-13-8-11-23(17-25)19-34(29(35)21-37-20-24-12-4-7-16-27(24)32)28(18-22-9-2-1-3-10-22)30(36)33-26-14-5-6-15-26/h1-4,7-13,16-17,26,28H,5-6,14-15,18-21H2,(H,33,36). The Hall–Kier alpha value is -2.47. The monoisotopic (exact) mass is 554 g/mol. The molecule has 0 bridgehead atoms. The summed E-state index contributed by atoms with van der Waals surface area (Å²) in [6.45, 7) is 0.307. The van der Waals surface area contributed by atoms with Crippen LogP contribution in [0.25, 0.3) is 0 Å². The lowest BCUT2D eigenvalue weighted by atomic mass is 10.0. The first-order valence-corrected chi connectivity index (χ1v) is 14.6. The molecule has 37 heavy (non-hydrogen) atoms. The lowest BCUT2D eigenvalue weighted by Crippen LogP contribution is -2.52. The molecule has 2 amide bonds. The summed E-state index contributed by atoms with van der Waals surface area (Å²) in [5, 5.41) is 4.53. The van der Waals surface area contributed by atoms with Gasteiger partial charge in [-0.25, -0.2) is 0 Å². The molecular formula is C30H32Cl2N2O2S. The molecule has 1 atom stereocenters. The number of rotatable bonds is 11. The van der Waals surface area contributed by atoms with Gasteiger partial charge in [-0.1, -0.05) is 96.7 Å². The van der Waals surface area contributed by atoms with E-state index in [9.17, 15) is 9.59 Å². The maximum absolute atomic E-state index is 13.7. The highest BCUT2D eigenvalue weighted by molar-refractivity contribution is 7.99. The molecule has 0 heterocycles. The molecule has 4 nitrogen and oxygen atoms in total. The van der Waals surface area contributed by atoms with E-state index in [1.165, 1.54) is 11.8 Å². The predicted octanol–water partition coefficient (Wildman–Crippen LogP) is 6.93.